The minimum atomic E-state index is -4.73. The summed E-state index contributed by atoms with van der Waals surface area (Å²) in [6.07, 6.45) is -4.46. The maximum Gasteiger partial charge on any atom is 0.449 e. The van der Waals surface area contributed by atoms with Crippen molar-refractivity contribution >= 4 is 22.5 Å². The highest BCUT2D eigenvalue weighted by atomic mass is 19.4. The number of carbonyl (C=O) groups is 1. The van der Waals surface area contributed by atoms with Crippen molar-refractivity contribution < 1.29 is 18.0 Å². The van der Waals surface area contributed by atoms with Crippen LogP contribution in [0.15, 0.2) is 23.0 Å². The molecule has 0 saturated heterocycles. The van der Waals surface area contributed by atoms with Gasteiger partial charge in [0.25, 0.3) is 5.56 Å². The molecule has 5 nitrogen and oxygen atoms in total. The first-order valence-corrected chi connectivity index (χ1v) is 6.87. The fourth-order valence-electron chi connectivity index (χ4n) is 2.04. The summed E-state index contributed by atoms with van der Waals surface area (Å²) in [7, 11) is 0. The van der Waals surface area contributed by atoms with Crippen LogP contribution in [0.2, 0.25) is 0 Å². The topological polar surface area (TPSA) is 74.8 Å². The lowest BCUT2D eigenvalue weighted by Crippen LogP contribution is -2.21. The Morgan fingerprint density at radius 1 is 1.26 bits per heavy atom. The van der Waals surface area contributed by atoms with Gasteiger partial charge in [0.15, 0.2) is 0 Å². The van der Waals surface area contributed by atoms with Crippen LogP contribution in [0.3, 0.4) is 0 Å². The Labute approximate surface area is 129 Å². The van der Waals surface area contributed by atoms with Crippen molar-refractivity contribution in [1.82, 2.24) is 9.97 Å². The molecule has 0 aliphatic rings. The highest BCUT2D eigenvalue weighted by Gasteiger charge is 2.34. The summed E-state index contributed by atoms with van der Waals surface area (Å²) in [6, 6.07) is 3.99. The molecule has 2 N–H and O–H groups in total. The molecule has 0 bridgehead atoms. The Hall–Kier alpha value is -2.38. The predicted octanol–water partition coefficient (Wildman–Crippen LogP) is 3.32. The molecule has 124 valence electrons. The van der Waals surface area contributed by atoms with Crippen molar-refractivity contribution in [2.75, 3.05) is 5.32 Å². The van der Waals surface area contributed by atoms with Gasteiger partial charge in [-0.1, -0.05) is 20.8 Å². The first-order chi connectivity index (χ1) is 10.5. The molecule has 0 radical (unpaired) electrons. The smallest absolute Gasteiger partial charge is 0.326 e. The average Bonchev–Trinajstić information content (AvgIpc) is 2.35. The first-order valence-electron chi connectivity index (χ1n) is 6.87. The van der Waals surface area contributed by atoms with Crippen LogP contribution < -0.4 is 10.9 Å². The normalized spacial score (nSPS) is 12.4. The molecule has 8 heteroatoms. The summed E-state index contributed by atoms with van der Waals surface area (Å²) in [4.78, 5) is 28.8. The van der Waals surface area contributed by atoms with Gasteiger partial charge in [0.1, 0.15) is 0 Å². The van der Waals surface area contributed by atoms with Gasteiger partial charge in [-0.2, -0.15) is 13.2 Å². The number of hydrogen-bond acceptors (Lipinski definition) is 3. The molecule has 0 aliphatic carbocycles. The van der Waals surface area contributed by atoms with Gasteiger partial charge in [-0.05, 0) is 23.6 Å². The predicted molar refractivity (Wildman–Crippen MR) is 80.1 cm³/mol. The fourth-order valence-corrected chi connectivity index (χ4v) is 2.04. The Morgan fingerprint density at radius 2 is 1.91 bits per heavy atom. The van der Waals surface area contributed by atoms with Gasteiger partial charge < -0.3 is 10.3 Å². The van der Waals surface area contributed by atoms with Gasteiger partial charge in [-0.25, -0.2) is 4.98 Å². The van der Waals surface area contributed by atoms with Crippen LogP contribution in [0.1, 0.15) is 33.0 Å². The van der Waals surface area contributed by atoms with Gasteiger partial charge in [0.05, 0.1) is 10.9 Å². The minimum Gasteiger partial charge on any atom is -0.326 e. The quantitative estimate of drug-likeness (QED) is 0.888. The van der Waals surface area contributed by atoms with E-state index in [9.17, 15) is 22.8 Å². The summed E-state index contributed by atoms with van der Waals surface area (Å²) in [5, 5.41) is 2.60. The van der Waals surface area contributed by atoms with E-state index in [4.69, 9.17) is 0 Å². The van der Waals surface area contributed by atoms with E-state index in [-0.39, 0.29) is 28.6 Å². The van der Waals surface area contributed by atoms with Gasteiger partial charge in [0, 0.05) is 12.1 Å². The van der Waals surface area contributed by atoms with Crippen molar-refractivity contribution in [3.63, 3.8) is 0 Å². The van der Waals surface area contributed by atoms with Gasteiger partial charge in [-0.15, -0.1) is 0 Å². The number of anilines is 1. The average molecular weight is 327 g/mol. The summed E-state index contributed by atoms with van der Waals surface area (Å²) in [6.45, 7) is 5.71. The molecule has 23 heavy (non-hydrogen) atoms. The van der Waals surface area contributed by atoms with E-state index in [1.807, 2.05) is 20.8 Å². The van der Waals surface area contributed by atoms with Crippen LogP contribution in [-0.4, -0.2) is 15.9 Å². The number of hydrogen-bond donors (Lipinski definition) is 2. The van der Waals surface area contributed by atoms with Crippen molar-refractivity contribution in [1.29, 1.82) is 0 Å². The lowest BCUT2D eigenvalue weighted by molar-refractivity contribution is -0.144. The molecule has 1 aromatic heterocycles. The fraction of sp³-hybridized carbons (Fsp3) is 0.400. The molecule has 0 atom stereocenters. The number of benzene rings is 1. The van der Waals surface area contributed by atoms with Crippen LogP contribution in [0.5, 0.6) is 0 Å². The van der Waals surface area contributed by atoms with Gasteiger partial charge >= 0.3 is 6.18 Å². The molecule has 0 aliphatic heterocycles. The van der Waals surface area contributed by atoms with E-state index < -0.39 is 17.6 Å². The Morgan fingerprint density at radius 3 is 2.48 bits per heavy atom. The second-order valence-electron chi connectivity index (χ2n) is 6.43. The van der Waals surface area contributed by atoms with Crippen molar-refractivity contribution in [3.05, 3.63) is 34.4 Å². The molecular formula is C15H16F3N3O2. The van der Waals surface area contributed by atoms with E-state index in [0.29, 0.717) is 5.69 Å². The number of nitrogens with zero attached hydrogens (tertiary/aromatic N) is 1. The third-order valence-electron chi connectivity index (χ3n) is 2.95. The zero-order chi connectivity index (χ0) is 17.4. The summed E-state index contributed by atoms with van der Waals surface area (Å²) in [5.74, 6) is -1.59. The molecule has 0 unspecified atom stereocenters. The van der Waals surface area contributed by atoms with E-state index in [1.54, 1.807) is 4.98 Å². The Bertz CT molecular complexity index is 804. The van der Waals surface area contributed by atoms with E-state index in [2.05, 4.69) is 10.3 Å². The van der Waals surface area contributed by atoms with Crippen LogP contribution in [0, 0.1) is 5.41 Å². The lowest BCUT2D eigenvalue weighted by atomic mass is 9.92. The maximum absolute atomic E-state index is 12.6. The molecule has 2 aromatic rings. The maximum atomic E-state index is 12.6. The zero-order valence-electron chi connectivity index (χ0n) is 12.8. The van der Waals surface area contributed by atoms with E-state index >= 15 is 0 Å². The lowest BCUT2D eigenvalue weighted by Gasteiger charge is -2.17. The third-order valence-corrected chi connectivity index (χ3v) is 2.95. The number of halogens is 3. The molecule has 0 fully saturated rings. The first kappa shape index (κ1) is 17.0. The van der Waals surface area contributed by atoms with Gasteiger partial charge in [-0.3, -0.25) is 9.59 Å². The molecule has 0 saturated carbocycles. The molecular weight excluding hydrogens is 311 g/mol. The number of alkyl halides is 3. The number of H-pyrrole nitrogens is 1. The number of amides is 1. The summed E-state index contributed by atoms with van der Waals surface area (Å²) >= 11 is 0. The monoisotopic (exact) mass is 327 g/mol. The van der Waals surface area contributed by atoms with Crippen LogP contribution >= 0.6 is 0 Å². The van der Waals surface area contributed by atoms with Crippen LogP contribution in [0.25, 0.3) is 10.9 Å². The zero-order valence-corrected chi connectivity index (χ0v) is 12.8. The van der Waals surface area contributed by atoms with Crippen LogP contribution in [0.4, 0.5) is 18.9 Å². The number of carbonyl (C=O) groups excluding carboxylic acids is 1. The highest BCUT2D eigenvalue weighted by Crippen LogP contribution is 2.26. The number of fused-ring (bicyclic) bond motifs is 1. The second kappa shape index (κ2) is 5.68. The number of aromatic amines is 1. The summed E-state index contributed by atoms with van der Waals surface area (Å²) in [5.41, 5.74) is -0.871. The molecule has 0 spiro atoms. The Balaban J connectivity index is 2.35. The minimum absolute atomic E-state index is 0.0217. The van der Waals surface area contributed by atoms with E-state index in [1.165, 1.54) is 18.2 Å². The van der Waals surface area contributed by atoms with Crippen molar-refractivity contribution in [2.24, 2.45) is 5.41 Å². The molecule has 2 rings (SSSR count). The highest BCUT2D eigenvalue weighted by molar-refractivity contribution is 5.93. The standard InChI is InChI=1S/C15H16F3N3O2/c1-14(2,3)7-11(22)19-8-4-5-10-9(6-8)12(23)21-13(20-10)15(16,17)18/h4-6H,7H2,1-3H3,(H,19,22)(H,20,21,23). The van der Waals surface area contributed by atoms with Crippen molar-refractivity contribution in [3.8, 4) is 0 Å². The number of nitrogens with one attached hydrogen (secondary N) is 2. The van der Waals surface area contributed by atoms with E-state index in [0.717, 1.165) is 0 Å². The molecule has 1 aromatic carbocycles. The second-order valence-corrected chi connectivity index (χ2v) is 6.43. The largest absolute Gasteiger partial charge is 0.449 e. The number of aromatic nitrogens is 2. The van der Waals surface area contributed by atoms with Crippen molar-refractivity contribution in [2.45, 2.75) is 33.4 Å². The number of rotatable bonds is 2. The van der Waals surface area contributed by atoms with Gasteiger partial charge in [0.2, 0.25) is 11.7 Å². The third kappa shape index (κ3) is 4.30. The Kier molecular flexibility index (Phi) is 4.19. The molecule has 1 amide bonds. The summed E-state index contributed by atoms with van der Waals surface area (Å²) < 4.78 is 37.8. The SMILES string of the molecule is CC(C)(C)CC(=O)Nc1ccc2nc(C(F)(F)F)[nH]c(=O)c2c1. The van der Waals surface area contributed by atoms with Crippen LogP contribution in [-0.2, 0) is 11.0 Å². The molecule has 1 heterocycles.